The number of thiophene rings is 1. The van der Waals surface area contributed by atoms with Crippen molar-refractivity contribution in [2.75, 3.05) is 4.90 Å². The van der Waals surface area contributed by atoms with E-state index in [-0.39, 0.29) is 0 Å². The molecular weight excluding hydrogens is 663 g/mol. The lowest BCUT2D eigenvalue weighted by Crippen LogP contribution is -2.11. The second-order valence-electron chi connectivity index (χ2n) is 13.7. The first-order valence-electron chi connectivity index (χ1n) is 18.0. The van der Waals surface area contributed by atoms with Gasteiger partial charge >= 0.3 is 0 Å². The zero-order chi connectivity index (χ0) is 34.9. The molecule has 0 aliphatic rings. The van der Waals surface area contributed by atoms with Crippen LogP contribution in [0, 0.1) is 0 Å². The molecule has 0 N–H and O–H groups in total. The van der Waals surface area contributed by atoms with Crippen LogP contribution in [0.15, 0.2) is 192 Å². The van der Waals surface area contributed by atoms with Crippen LogP contribution >= 0.6 is 11.3 Å². The number of furan rings is 1. The van der Waals surface area contributed by atoms with Crippen molar-refractivity contribution in [2.45, 2.75) is 0 Å². The lowest BCUT2D eigenvalue weighted by molar-refractivity contribution is 0.669. The van der Waals surface area contributed by atoms with Crippen LogP contribution in [0.1, 0.15) is 0 Å². The molecule has 0 atom stereocenters. The summed E-state index contributed by atoms with van der Waals surface area (Å²) in [5.74, 6) is 0. The summed E-state index contributed by atoms with van der Waals surface area (Å²) in [7, 11) is 0. The molecule has 0 bridgehead atoms. The maximum atomic E-state index is 6.47. The highest BCUT2D eigenvalue weighted by molar-refractivity contribution is 7.25. The Bertz CT molecular complexity index is 3200. The minimum Gasteiger partial charge on any atom is -0.456 e. The summed E-state index contributed by atoms with van der Waals surface area (Å²) in [6, 6.07) is 68.1. The van der Waals surface area contributed by atoms with E-state index in [1.54, 1.807) is 0 Å². The number of nitrogens with zero attached hydrogens (tertiary/aromatic N) is 1. The molecular formula is C50H31NOS. The number of fused-ring (bicyclic) bond motifs is 9. The predicted molar refractivity (Wildman–Crippen MR) is 227 cm³/mol. The van der Waals surface area contributed by atoms with Gasteiger partial charge in [0.2, 0.25) is 0 Å². The third-order valence-electron chi connectivity index (χ3n) is 10.6. The summed E-state index contributed by atoms with van der Waals surface area (Å²) in [5.41, 5.74) is 9.74. The molecule has 0 amide bonds. The number of para-hydroxylation sites is 2. The number of rotatable bonds is 5. The molecule has 0 radical (unpaired) electrons. The van der Waals surface area contributed by atoms with Gasteiger partial charge in [-0.05, 0) is 98.9 Å². The Morgan fingerprint density at radius 3 is 1.96 bits per heavy atom. The third-order valence-corrected chi connectivity index (χ3v) is 11.8. The van der Waals surface area contributed by atoms with Gasteiger partial charge < -0.3 is 9.32 Å². The molecule has 248 valence electrons. The average molecular weight is 694 g/mol. The standard InChI is InChI=1S/C50H31NOS/c1-2-16-36-33(13-1)30-42(39-19-4-3-18-38(36)39)32-14-11-15-35(29-32)51(45-23-12-25-47-50(45)41-21-6-9-24-46(41)52-47)44-22-8-5-17-37(44)34-27-28-49-43(31-34)40-20-7-10-26-48(40)53-49/h1-31H. The Labute approximate surface area is 310 Å². The molecule has 53 heavy (non-hydrogen) atoms. The summed E-state index contributed by atoms with van der Waals surface area (Å²) >= 11 is 1.85. The second kappa shape index (κ2) is 11.9. The van der Waals surface area contributed by atoms with E-state index in [2.05, 4.69) is 187 Å². The van der Waals surface area contributed by atoms with Crippen molar-refractivity contribution in [1.82, 2.24) is 0 Å². The Morgan fingerprint density at radius 2 is 1.04 bits per heavy atom. The molecule has 2 nitrogen and oxygen atoms in total. The van der Waals surface area contributed by atoms with E-state index in [9.17, 15) is 0 Å². The van der Waals surface area contributed by atoms with Crippen molar-refractivity contribution in [3.8, 4) is 22.3 Å². The Kier molecular flexibility index (Phi) is 6.76. The number of benzene rings is 9. The lowest BCUT2D eigenvalue weighted by Gasteiger charge is -2.29. The predicted octanol–water partition coefficient (Wildman–Crippen LogP) is 15.1. The van der Waals surface area contributed by atoms with Gasteiger partial charge in [0, 0.05) is 36.8 Å². The van der Waals surface area contributed by atoms with Crippen molar-refractivity contribution in [2.24, 2.45) is 0 Å². The van der Waals surface area contributed by atoms with E-state index < -0.39 is 0 Å². The monoisotopic (exact) mass is 693 g/mol. The molecule has 9 aromatic carbocycles. The van der Waals surface area contributed by atoms with Crippen LogP contribution in [-0.2, 0) is 0 Å². The topological polar surface area (TPSA) is 16.4 Å². The van der Waals surface area contributed by atoms with Gasteiger partial charge in [-0.3, -0.25) is 0 Å². The summed E-state index contributed by atoms with van der Waals surface area (Å²) in [4.78, 5) is 2.43. The first kappa shape index (κ1) is 30.0. The zero-order valence-electron chi connectivity index (χ0n) is 28.7. The van der Waals surface area contributed by atoms with Crippen LogP contribution in [0.3, 0.4) is 0 Å². The normalized spacial score (nSPS) is 11.8. The molecule has 0 aliphatic carbocycles. The summed E-state index contributed by atoms with van der Waals surface area (Å²) in [6.07, 6.45) is 0. The molecule has 0 fully saturated rings. The van der Waals surface area contributed by atoms with E-state index in [0.717, 1.165) is 44.6 Å². The molecule has 2 aromatic heterocycles. The van der Waals surface area contributed by atoms with Gasteiger partial charge in [0.25, 0.3) is 0 Å². The van der Waals surface area contributed by atoms with Crippen molar-refractivity contribution in [3.05, 3.63) is 188 Å². The van der Waals surface area contributed by atoms with Crippen molar-refractivity contribution in [3.63, 3.8) is 0 Å². The van der Waals surface area contributed by atoms with Gasteiger partial charge in [-0.1, -0.05) is 127 Å². The van der Waals surface area contributed by atoms with E-state index >= 15 is 0 Å². The minimum absolute atomic E-state index is 0.869. The largest absolute Gasteiger partial charge is 0.456 e. The van der Waals surface area contributed by atoms with Gasteiger partial charge in [-0.15, -0.1) is 11.3 Å². The zero-order valence-corrected chi connectivity index (χ0v) is 29.5. The van der Waals surface area contributed by atoms with Gasteiger partial charge in [-0.25, -0.2) is 0 Å². The Balaban J connectivity index is 1.18. The van der Waals surface area contributed by atoms with Crippen molar-refractivity contribution < 1.29 is 4.42 Å². The SMILES string of the molecule is c1cc(-c2cc3ccccc3c3ccccc23)cc(N(c2ccccc2-c2ccc3sc4ccccc4c3c2)c2cccc3oc4ccccc4c23)c1. The van der Waals surface area contributed by atoms with E-state index in [0.29, 0.717) is 0 Å². The molecule has 11 rings (SSSR count). The van der Waals surface area contributed by atoms with Crippen molar-refractivity contribution >= 4 is 92.1 Å². The summed E-state index contributed by atoms with van der Waals surface area (Å²) in [6.45, 7) is 0. The quantitative estimate of drug-likeness (QED) is 0.167. The highest BCUT2D eigenvalue weighted by Gasteiger charge is 2.23. The van der Waals surface area contributed by atoms with Gasteiger partial charge in [0.15, 0.2) is 0 Å². The second-order valence-corrected chi connectivity index (χ2v) is 14.7. The highest BCUT2D eigenvalue weighted by Crippen LogP contribution is 2.48. The lowest BCUT2D eigenvalue weighted by atomic mass is 9.93. The maximum Gasteiger partial charge on any atom is 0.137 e. The third kappa shape index (κ3) is 4.78. The fourth-order valence-electron chi connectivity index (χ4n) is 8.26. The summed E-state index contributed by atoms with van der Waals surface area (Å²) in [5, 5.41) is 9.80. The van der Waals surface area contributed by atoms with Gasteiger partial charge in [0.05, 0.1) is 16.8 Å². The fourth-order valence-corrected chi connectivity index (χ4v) is 9.35. The molecule has 0 saturated heterocycles. The summed E-state index contributed by atoms with van der Waals surface area (Å²) < 4.78 is 9.08. The van der Waals surface area contributed by atoms with Gasteiger partial charge in [-0.2, -0.15) is 0 Å². The number of hydrogen-bond donors (Lipinski definition) is 0. The fraction of sp³-hybridized carbons (Fsp3) is 0. The molecule has 11 aromatic rings. The highest BCUT2D eigenvalue weighted by atomic mass is 32.1. The van der Waals surface area contributed by atoms with Crippen LogP contribution < -0.4 is 4.90 Å². The molecule has 0 unspecified atom stereocenters. The van der Waals surface area contributed by atoms with E-state index in [1.165, 1.54) is 58.4 Å². The first-order chi connectivity index (χ1) is 26.3. The van der Waals surface area contributed by atoms with Crippen LogP contribution in [-0.4, -0.2) is 0 Å². The minimum atomic E-state index is 0.869. The van der Waals surface area contributed by atoms with Crippen LogP contribution in [0.2, 0.25) is 0 Å². The van der Waals surface area contributed by atoms with Crippen LogP contribution in [0.25, 0.3) is 85.9 Å². The van der Waals surface area contributed by atoms with Crippen molar-refractivity contribution in [1.29, 1.82) is 0 Å². The molecule has 0 aliphatic heterocycles. The van der Waals surface area contributed by atoms with Crippen LogP contribution in [0.5, 0.6) is 0 Å². The van der Waals surface area contributed by atoms with E-state index in [4.69, 9.17) is 4.42 Å². The number of anilines is 3. The number of hydrogen-bond acceptors (Lipinski definition) is 3. The van der Waals surface area contributed by atoms with Gasteiger partial charge in [0.1, 0.15) is 11.2 Å². The first-order valence-corrected chi connectivity index (χ1v) is 18.8. The maximum absolute atomic E-state index is 6.47. The molecule has 0 saturated carbocycles. The molecule has 3 heteroatoms. The average Bonchev–Trinajstić information content (AvgIpc) is 3.80. The smallest absolute Gasteiger partial charge is 0.137 e. The Morgan fingerprint density at radius 1 is 0.377 bits per heavy atom. The Hall–Kier alpha value is -6.68. The molecule has 2 heterocycles. The van der Waals surface area contributed by atoms with E-state index in [1.807, 2.05) is 17.4 Å². The van der Waals surface area contributed by atoms with Crippen LogP contribution in [0.4, 0.5) is 17.1 Å². The molecule has 0 spiro atoms.